The lowest BCUT2D eigenvalue weighted by Gasteiger charge is -2.18. The smallest absolute Gasteiger partial charge is 0.120 e. The molecule has 1 heterocycles. The monoisotopic (exact) mass is 227 g/mol. The minimum Gasteiger partial charge on any atom is -0.468 e. The molecule has 0 saturated heterocycles. The summed E-state index contributed by atoms with van der Waals surface area (Å²) in [5.74, 6) is 2.14. The zero-order valence-electron chi connectivity index (χ0n) is 10.0. The van der Waals surface area contributed by atoms with E-state index in [2.05, 4.69) is 33.0 Å². The van der Waals surface area contributed by atoms with E-state index in [9.17, 15) is 0 Å². The molecule has 0 aliphatic carbocycles. The molecule has 3 heteroatoms. The van der Waals surface area contributed by atoms with Crippen LogP contribution in [0.5, 0.6) is 0 Å². The lowest BCUT2D eigenvalue weighted by molar-refractivity contribution is 0.438. The van der Waals surface area contributed by atoms with Crippen LogP contribution in [0, 0.1) is 0 Å². The lowest BCUT2D eigenvalue weighted by Crippen LogP contribution is -2.22. The third-order valence-corrected chi connectivity index (χ3v) is 3.33. The van der Waals surface area contributed by atoms with Gasteiger partial charge < -0.3 is 9.73 Å². The third-order valence-electron chi connectivity index (χ3n) is 2.06. The average Bonchev–Trinajstić information content (AvgIpc) is 2.63. The van der Waals surface area contributed by atoms with Crippen molar-refractivity contribution in [1.82, 2.24) is 5.32 Å². The number of nitrogens with one attached hydrogen (secondary N) is 1. The molecular weight excluding hydrogens is 206 g/mol. The van der Waals surface area contributed by atoms with Crippen molar-refractivity contribution in [3.8, 4) is 0 Å². The molecule has 0 aromatic carbocycles. The second-order valence-corrected chi connectivity index (χ2v) is 6.57. The van der Waals surface area contributed by atoms with Crippen LogP contribution in [0.1, 0.15) is 39.5 Å². The van der Waals surface area contributed by atoms with Crippen molar-refractivity contribution in [3.63, 3.8) is 0 Å². The molecule has 0 fully saturated rings. The van der Waals surface area contributed by atoms with Crippen LogP contribution < -0.4 is 5.32 Å². The summed E-state index contributed by atoms with van der Waals surface area (Å²) in [4.78, 5) is 0. The highest BCUT2D eigenvalue weighted by atomic mass is 32.2. The van der Waals surface area contributed by atoms with Gasteiger partial charge in [0.15, 0.2) is 0 Å². The largest absolute Gasteiger partial charge is 0.468 e. The first-order valence-corrected chi connectivity index (χ1v) is 6.38. The maximum absolute atomic E-state index is 5.32. The third kappa shape index (κ3) is 5.28. The number of hydrogen-bond acceptors (Lipinski definition) is 3. The molecule has 1 aromatic rings. The van der Waals surface area contributed by atoms with Gasteiger partial charge >= 0.3 is 0 Å². The molecule has 0 spiro atoms. The maximum Gasteiger partial charge on any atom is 0.120 e. The van der Waals surface area contributed by atoms with Crippen LogP contribution >= 0.6 is 11.8 Å². The summed E-state index contributed by atoms with van der Waals surface area (Å²) in [6, 6.07) is 4.24. The molecular formula is C12H21NOS. The molecule has 2 nitrogen and oxygen atoms in total. The Morgan fingerprint density at radius 3 is 2.73 bits per heavy atom. The van der Waals surface area contributed by atoms with Crippen LogP contribution in [0.2, 0.25) is 0 Å². The molecule has 1 rings (SSSR count). The Labute approximate surface area is 96.8 Å². The van der Waals surface area contributed by atoms with Crippen molar-refractivity contribution in [2.24, 2.45) is 0 Å². The first-order valence-electron chi connectivity index (χ1n) is 5.40. The first kappa shape index (κ1) is 12.7. The molecule has 1 N–H and O–H groups in total. The van der Waals surface area contributed by atoms with E-state index < -0.39 is 0 Å². The molecule has 15 heavy (non-hydrogen) atoms. The standard InChI is InChI=1S/C12H21NOS/c1-10(11-6-5-8-14-11)13-7-9-15-12(2,3)4/h5-6,8,10,13H,7,9H2,1-4H3. The zero-order valence-corrected chi connectivity index (χ0v) is 10.9. The molecule has 1 aromatic heterocycles. The maximum atomic E-state index is 5.32. The highest BCUT2D eigenvalue weighted by Gasteiger charge is 2.11. The average molecular weight is 227 g/mol. The minimum atomic E-state index is 0.306. The van der Waals surface area contributed by atoms with E-state index in [1.54, 1.807) is 6.26 Å². The van der Waals surface area contributed by atoms with Gasteiger partial charge in [0.1, 0.15) is 5.76 Å². The SMILES string of the molecule is CC(NCCSC(C)(C)C)c1ccco1. The fourth-order valence-corrected chi connectivity index (χ4v) is 2.10. The van der Waals surface area contributed by atoms with Crippen LogP contribution in [0.15, 0.2) is 22.8 Å². The van der Waals surface area contributed by atoms with Crippen molar-refractivity contribution in [2.45, 2.75) is 38.5 Å². The van der Waals surface area contributed by atoms with Crippen LogP contribution in [-0.4, -0.2) is 17.0 Å². The molecule has 0 amide bonds. The second-order valence-electron chi connectivity index (χ2n) is 4.65. The van der Waals surface area contributed by atoms with E-state index in [4.69, 9.17) is 4.42 Å². The molecule has 0 saturated carbocycles. The summed E-state index contributed by atoms with van der Waals surface area (Å²) in [7, 11) is 0. The van der Waals surface area contributed by atoms with Gasteiger partial charge in [-0.25, -0.2) is 0 Å². The van der Waals surface area contributed by atoms with E-state index >= 15 is 0 Å². The van der Waals surface area contributed by atoms with Crippen molar-refractivity contribution in [1.29, 1.82) is 0 Å². The van der Waals surface area contributed by atoms with E-state index in [1.165, 1.54) is 0 Å². The Balaban J connectivity index is 2.16. The molecule has 0 aliphatic rings. The molecule has 0 aliphatic heterocycles. The van der Waals surface area contributed by atoms with Crippen LogP contribution in [0.3, 0.4) is 0 Å². The van der Waals surface area contributed by atoms with E-state index in [0.29, 0.717) is 10.8 Å². The predicted octanol–water partition coefficient (Wildman–Crippen LogP) is 3.46. The molecule has 0 bridgehead atoms. The van der Waals surface area contributed by atoms with Gasteiger partial charge in [-0.15, -0.1) is 0 Å². The van der Waals surface area contributed by atoms with Crippen molar-refractivity contribution in [3.05, 3.63) is 24.2 Å². The van der Waals surface area contributed by atoms with Crippen molar-refractivity contribution < 1.29 is 4.42 Å². The van der Waals surface area contributed by atoms with Crippen LogP contribution in [-0.2, 0) is 0 Å². The number of furan rings is 1. The first-order chi connectivity index (χ1) is 6.99. The summed E-state index contributed by atoms with van der Waals surface area (Å²) in [5, 5.41) is 3.44. The summed E-state index contributed by atoms with van der Waals surface area (Å²) in [5.41, 5.74) is 0. The normalized spacial score (nSPS) is 14.1. The molecule has 86 valence electrons. The van der Waals surface area contributed by atoms with Gasteiger partial charge in [-0.05, 0) is 19.1 Å². The van der Waals surface area contributed by atoms with Gasteiger partial charge in [0.05, 0.1) is 12.3 Å². The fraction of sp³-hybridized carbons (Fsp3) is 0.667. The number of thioether (sulfide) groups is 1. The Morgan fingerprint density at radius 1 is 1.47 bits per heavy atom. The summed E-state index contributed by atoms with van der Waals surface area (Å²) in [6.07, 6.45) is 1.72. The number of hydrogen-bond donors (Lipinski definition) is 1. The summed E-state index contributed by atoms with van der Waals surface area (Å²) < 4.78 is 5.68. The summed E-state index contributed by atoms with van der Waals surface area (Å²) >= 11 is 1.98. The van der Waals surface area contributed by atoms with E-state index in [1.807, 2.05) is 23.9 Å². The van der Waals surface area contributed by atoms with E-state index in [-0.39, 0.29) is 0 Å². The molecule has 1 atom stereocenters. The highest BCUT2D eigenvalue weighted by Crippen LogP contribution is 2.22. The molecule has 0 radical (unpaired) electrons. The lowest BCUT2D eigenvalue weighted by atomic mass is 10.2. The topological polar surface area (TPSA) is 25.2 Å². The van der Waals surface area contributed by atoms with Crippen molar-refractivity contribution >= 4 is 11.8 Å². The minimum absolute atomic E-state index is 0.306. The Morgan fingerprint density at radius 2 is 2.20 bits per heavy atom. The highest BCUT2D eigenvalue weighted by molar-refractivity contribution is 8.00. The second kappa shape index (κ2) is 5.61. The predicted molar refractivity (Wildman–Crippen MR) is 67.3 cm³/mol. The van der Waals surface area contributed by atoms with Crippen LogP contribution in [0.25, 0.3) is 0 Å². The Bertz CT molecular complexity index is 264. The van der Waals surface area contributed by atoms with Crippen molar-refractivity contribution in [2.75, 3.05) is 12.3 Å². The Kier molecular flexibility index (Phi) is 4.74. The Hall–Kier alpha value is -0.410. The molecule has 1 unspecified atom stereocenters. The van der Waals surface area contributed by atoms with E-state index in [0.717, 1.165) is 18.1 Å². The van der Waals surface area contributed by atoms with Gasteiger partial charge in [0.25, 0.3) is 0 Å². The fourth-order valence-electron chi connectivity index (χ4n) is 1.27. The van der Waals surface area contributed by atoms with Crippen LogP contribution in [0.4, 0.5) is 0 Å². The number of rotatable bonds is 5. The van der Waals surface area contributed by atoms with Gasteiger partial charge in [-0.2, -0.15) is 11.8 Å². The van der Waals surface area contributed by atoms with Gasteiger partial charge in [0.2, 0.25) is 0 Å². The summed E-state index contributed by atoms with van der Waals surface area (Å²) in [6.45, 7) is 9.87. The van der Waals surface area contributed by atoms with Gasteiger partial charge in [-0.3, -0.25) is 0 Å². The zero-order chi connectivity index (χ0) is 11.3. The van der Waals surface area contributed by atoms with Gasteiger partial charge in [-0.1, -0.05) is 20.8 Å². The van der Waals surface area contributed by atoms with Gasteiger partial charge in [0, 0.05) is 17.0 Å². The quantitative estimate of drug-likeness (QED) is 0.780.